The summed E-state index contributed by atoms with van der Waals surface area (Å²) in [4.78, 5) is 106. The first-order chi connectivity index (χ1) is 27.4. The molecule has 58 heavy (non-hydrogen) atoms. The maximum Gasteiger partial charge on any atom is 0.266 e. The van der Waals surface area contributed by atoms with Crippen LogP contribution in [0.25, 0.3) is 48.8 Å². The van der Waals surface area contributed by atoms with Gasteiger partial charge in [0, 0.05) is 20.1 Å². The average molecular weight is 815 g/mol. The molecule has 0 saturated heterocycles. The summed E-state index contributed by atoms with van der Waals surface area (Å²) in [5, 5.41) is 0.539. The van der Waals surface area contributed by atoms with Crippen LogP contribution >= 0.6 is 0 Å². The van der Waals surface area contributed by atoms with Crippen molar-refractivity contribution < 1.29 is 8.85 Å². The highest BCUT2D eigenvalue weighted by Crippen LogP contribution is 2.25. The van der Waals surface area contributed by atoms with Gasteiger partial charge in [-0.05, 0) is 106 Å². The van der Waals surface area contributed by atoms with Gasteiger partial charge in [-0.3, -0.25) is 52.1 Å². The SMILES string of the molecule is Cc1ccc(Oc2ccc(-n3c(=O)c4cc5c(=O)n(CC[Si](C)(C)O[Si](C)(C)CCn6c(=O)c7cc8c(=O)n(C)c(=O)c8cc7c6=O)c(=O)c5cc4c3=O)cc2)cc1. The Balaban J connectivity index is 0.988. The zero-order valence-electron chi connectivity index (χ0n) is 32.6. The molecule has 0 amide bonds. The van der Waals surface area contributed by atoms with Crippen LogP contribution in [0, 0.1) is 6.92 Å². The second-order valence-corrected chi connectivity index (χ2v) is 24.9. The number of aromatic nitrogens is 4. The number of aryl methyl sites for hydroxylation is 1. The van der Waals surface area contributed by atoms with Crippen molar-refractivity contribution in [2.45, 2.75) is 58.3 Å². The highest BCUT2D eigenvalue weighted by molar-refractivity contribution is 6.84. The maximum atomic E-state index is 13.6. The molecule has 0 unspecified atom stereocenters. The number of hydrogen-bond acceptors (Lipinski definition) is 10. The van der Waals surface area contributed by atoms with Crippen LogP contribution < -0.4 is 49.2 Å². The Morgan fingerprint density at radius 2 is 0.793 bits per heavy atom. The fourth-order valence-corrected chi connectivity index (χ4v) is 16.2. The van der Waals surface area contributed by atoms with E-state index in [1.165, 1.54) is 31.3 Å². The van der Waals surface area contributed by atoms with E-state index in [1.807, 2.05) is 57.4 Å². The molecular formula is C42H38N4O10Si2. The van der Waals surface area contributed by atoms with Crippen molar-refractivity contribution in [3.05, 3.63) is 161 Å². The largest absolute Gasteiger partial charge is 0.457 e. The van der Waals surface area contributed by atoms with Crippen molar-refractivity contribution in [3.63, 3.8) is 0 Å². The third kappa shape index (κ3) is 6.38. The number of benzene rings is 4. The van der Waals surface area contributed by atoms with Gasteiger partial charge in [0.2, 0.25) is 0 Å². The van der Waals surface area contributed by atoms with Crippen LogP contribution in [0.1, 0.15) is 5.56 Å². The van der Waals surface area contributed by atoms with E-state index >= 15 is 0 Å². The molecule has 4 aromatic carbocycles. The van der Waals surface area contributed by atoms with Gasteiger partial charge >= 0.3 is 0 Å². The molecule has 4 heterocycles. The lowest BCUT2D eigenvalue weighted by atomic mass is 10.1. The summed E-state index contributed by atoms with van der Waals surface area (Å²) in [5.41, 5.74) is -3.06. The minimum Gasteiger partial charge on any atom is -0.457 e. The molecule has 0 fully saturated rings. The highest BCUT2D eigenvalue weighted by Gasteiger charge is 2.34. The molecule has 4 aromatic heterocycles. The molecule has 294 valence electrons. The maximum absolute atomic E-state index is 13.6. The monoisotopic (exact) mass is 814 g/mol. The van der Waals surface area contributed by atoms with Gasteiger partial charge in [0.25, 0.3) is 44.5 Å². The van der Waals surface area contributed by atoms with E-state index in [2.05, 4.69) is 0 Å². The fourth-order valence-electron chi connectivity index (χ4n) is 7.83. The van der Waals surface area contributed by atoms with Crippen molar-refractivity contribution in [1.82, 2.24) is 18.3 Å². The number of ether oxygens (including phenoxy) is 1. The first kappa shape index (κ1) is 38.5. The number of nitrogens with zero attached hydrogens (tertiary/aromatic N) is 4. The van der Waals surface area contributed by atoms with Crippen LogP contribution in [0.3, 0.4) is 0 Å². The number of rotatable bonds is 11. The van der Waals surface area contributed by atoms with Gasteiger partial charge in [-0.25, -0.2) is 4.57 Å². The minimum atomic E-state index is -2.57. The van der Waals surface area contributed by atoms with E-state index in [0.717, 1.165) is 23.8 Å². The standard InChI is InChI=1S/C42H38N4O10Si2/c1-23-7-11-25(12-8-23)55-26-13-9-24(10-14-26)46-41(53)33-21-31-32(22-34(33)42(46)54)40(52)45(39(31)51)16-18-58(5,6)56-57(3,4)17-15-44-37(49)29-19-27-28(20-30(29)38(44)50)36(48)43(2)35(27)47/h7-14,19-22H,15-18H2,1-6H3. The predicted octanol–water partition coefficient (Wildman–Crippen LogP) is 3.89. The topological polar surface area (TPSA) is 175 Å². The number of fused-ring (bicyclic) bond motifs is 4. The van der Waals surface area contributed by atoms with E-state index in [4.69, 9.17) is 8.85 Å². The van der Waals surface area contributed by atoms with Crippen molar-refractivity contribution in [2.24, 2.45) is 7.05 Å². The Bertz CT molecular complexity index is 3270. The Morgan fingerprint density at radius 3 is 1.17 bits per heavy atom. The molecular weight excluding hydrogens is 777 g/mol. The molecule has 8 aromatic rings. The number of hydrogen-bond donors (Lipinski definition) is 0. The van der Waals surface area contributed by atoms with Gasteiger partial charge in [0.15, 0.2) is 16.6 Å². The Kier molecular flexibility index (Phi) is 9.05. The van der Waals surface area contributed by atoms with Gasteiger partial charge in [-0.1, -0.05) is 17.7 Å². The van der Waals surface area contributed by atoms with E-state index in [0.29, 0.717) is 29.3 Å². The molecule has 14 nitrogen and oxygen atoms in total. The normalized spacial score (nSPS) is 12.5. The van der Waals surface area contributed by atoms with E-state index in [1.54, 1.807) is 24.3 Å². The van der Waals surface area contributed by atoms with Crippen LogP contribution in [0.15, 0.2) is 111 Å². The zero-order valence-corrected chi connectivity index (χ0v) is 34.6. The van der Waals surface area contributed by atoms with Gasteiger partial charge in [0.05, 0.1) is 48.8 Å². The summed E-state index contributed by atoms with van der Waals surface area (Å²) in [6, 6.07) is 20.1. The quantitative estimate of drug-likeness (QED) is 0.174. The summed E-state index contributed by atoms with van der Waals surface area (Å²) >= 11 is 0. The van der Waals surface area contributed by atoms with Crippen LogP contribution in [-0.2, 0) is 24.3 Å². The van der Waals surface area contributed by atoms with Crippen molar-refractivity contribution in [3.8, 4) is 17.2 Å². The summed E-state index contributed by atoms with van der Waals surface area (Å²) < 4.78 is 16.8. The predicted molar refractivity (Wildman–Crippen MR) is 229 cm³/mol. The van der Waals surface area contributed by atoms with Crippen LogP contribution in [0.5, 0.6) is 11.5 Å². The molecule has 0 bridgehead atoms. The smallest absolute Gasteiger partial charge is 0.266 e. The second kappa shape index (κ2) is 13.6. The Labute approximate surface area is 329 Å². The van der Waals surface area contributed by atoms with E-state index in [9.17, 15) is 38.4 Å². The molecule has 0 saturated carbocycles. The lowest BCUT2D eigenvalue weighted by molar-refractivity contribution is 0.482. The molecule has 0 atom stereocenters. The molecule has 0 spiro atoms. The first-order valence-corrected chi connectivity index (χ1v) is 24.9. The third-order valence-corrected chi connectivity index (χ3v) is 18.2. The summed E-state index contributed by atoms with van der Waals surface area (Å²) in [6.45, 7) is 9.98. The molecule has 0 N–H and O–H groups in total. The van der Waals surface area contributed by atoms with Gasteiger partial charge < -0.3 is 8.85 Å². The Hall–Kier alpha value is -6.37. The zero-order chi connectivity index (χ0) is 41.6. The van der Waals surface area contributed by atoms with E-state index in [-0.39, 0.29) is 56.2 Å². The highest BCUT2D eigenvalue weighted by atomic mass is 28.4. The van der Waals surface area contributed by atoms with Crippen LogP contribution in [0.4, 0.5) is 0 Å². The van der Waals surface area contributed by atoms with Crippen LogP contribution in [-0.4, -0.2) is 34.9 Å². The molecule has 16 heteroatoms. The van der Waals surface area contributed by atoms with Crippen molar-refractivity contribution in [1.29, 1.82) is 0 Å². The van der Waals surface area contributed by atoms with Crippen molar-refractivity contribution >= 4 is 59.7 Å². The fraction of sp³-hybridized carbons (Fsp3) is 0.238. The molecule has 0 radical (unpaired) electrons. The average Bonchev–Trinajstić information content (AvgIpc) is 3.75. The Morgan fingerprint density at radius 1 is 0.466 bits per heavy atom. The minimum absolute atomic E-state index is 0.0364. The van der Waals surface area contributed by atoms with E-state index < -0.39 is 61.1 Å². The van der Waals surface area contributed by atoms with Gasteiger partial charge in [0.1, 0.15) is 11.5 Å². The molecule has 8 rings (SSSR count). The molecule has 0 aliphatic heterocycles. The van der Waals surface area contributed by atoms with Gasteiger partial charge in [-0.15, -0.1) is 0 Å². The van der Waals surface area contributed by atoms with Gasteiger partial charge in [-0.2, -0.15) is 0 Å². The summed E-state index contributed by atoms with van der Waals surface area (Å²) in [7, 11) is -3.77. The third-order valence-electron chi connectivity index (χ3n) is 10.9. The lowest BCUT2D eigenvalue weighted by Crippen LogP contribution is -2.46. The van der Waals surface area contributed by atoms with Crippen LogP contribution in [0.2, 0.25) is 38.3 Å². The molecule has 0 aliphatic carbocycles. The molecule has 0 aliphatic rings. The summed E-state index contributed by atoms with van der Waals surface area (Å²) in [5.74, 6) is 1.15. The first-order valence-electron chi connectivity index (χ1n) is 18.7. The lowest BCUT2D eigenvalue weighted by Gasteiger charge is -2.34. The second-order valence-electron chi connectivity index (χ2n) is 16.1. The van der Waals surface area contributed by atoms with Crippen molar-refractivity contribution in [2.75, 3.05) is 0 Å². The summed E-state index contributed by atoms with van der Waals surface area (Å²) in [6.07, 6.45) is 0.